The van der Waals surface area contributed by atoms with Crippen molar-refractivity contribution in [1.82, 2.24) is 10.2 Å². The highest BCUT2D eigenvalue weighted by Crippen LogP contribution is 2.21. The molecule has 0 aromatic heterocycles. The minimum atomic E-state index is -0.165. The highest BCUT2D eigenvalue weighted by atomic mass is 32.1. The second kappa shape index (κ2) is 3.62. The molecule has 0 aliphatic carbocycles. The number of hydrogen-bond acceptors (Lipinski definition) is 2. The summed E-state index contributed by atoms with van der Waals surface area (Å²) in [6, 6.07) is 0. The van der Waals surface area contributed by atoms with Crippen LogP contribution in [0.15, 0.2) is 0 Å². The first-order valence-electron chi connectivity index (χ1n) is 4.60. The molecule has 0 bridgehead atoms. The maximum absolute atomic E-state index is 11.6. The molecule has 1 aliphatic rings. The van der Waals surface area contributed by atoms with Crippen LogP contribution in [0.2, 0.25) is 0 Å². The van der Waals surface area contributed by atoms with E-state index >= 15 is 0 Å². The number of nitrogens with zero attached hydrogens (tertiary/aromatic N) is 1. The van der Waals surface area contributed by atoms with Gasteiger partial charge in [0.2, 0.25) is 5.91 Å². The van der Waals surface area contributed by atoms with Gasteiger partial charge in [0.15, 0.2) is 5.11 Å². The van der Waals surface area contributed by atoms with E-state index in [1.54, 1.807) is 4.90 Å². The molecule has 0 atom stereocenters. The van der Waals surface area contributed by atoms with Crippen LogP contribution in [0.1, 0.15) is 33.6 Å². The number of thiocarbonyl (C=S) groups is 1. The van der Waals surface area contributed by atoms with Gasteiger partial charge < -0.3 is 5.32 Å². The summed E-state index contributed by atoms with van der Waals surface area (Å²) in [5, 5.41) is 3.61. The monoisotopic (exact) mass is 200 g/mol. The Morgan fingerprint density at radius 2 is 2.23 bits per heavy atom. The fourth-order valence-corrected chi connectivity index (χ4v) is 1.80. The highest BCUT2D eigenvalue weighted by Gasteiger charge is 2.34. The van der Waals surface area contributed by atoms with Crippen LogP contribution in [0.5, 0.6) is 0 Å². The van der Waals surface area contributed by atoms with E-state index in [1.165, 1.54) is 0 Å². The first kappa shape index (κ1) is 10.4. The van der Waals surface area contributed by atoms with E-state index in [4.69, 9.17) is 12.2 Å². The quantitative estimate of drug-likeness (QED) is 0.682. The Kier molecular flexibility index (Phi) is 2.91. The minimum Gasteiger partial charge on any atom is -0.362 e. The first-order chi connectivity index (χ1) is 5.99. The summed E-state index contributed by atoms with van der Waals surface area (Å²) >= 11 is 5.11. The standard InChI is InChI=1S/C9H16N2OS/c1-4-9(2,3)11-7(12)5-6-10-8(11)13/h4-6H2,1-3H3,(H,10,13). The topological polar surface area (TPSA) is 32.3 Å². The Labute approximate surface area is 84.5 Å². The van der Waals surface area contributed by atoms with Crippen LogP contribution in [0, 0.1) is 0 Å². The van der Waals surface area contributed by atoms with Gasteiger partial charge in [-0.15, -0.1) is 0 Å². The number of rotatable bonds is 2. The smallest absolute Gasteiger partial charge is 0.231 e. The Bertz CT molecular complexity index is 222. The third-order valence-electron chi connectivity index (χ3n) is 2.54. The molecule has 1 aliphatic heterocycles. The lowest BCUT2D eigenvalue weighted by Gasteiger charge is -2.40. The number of nitrogens with one attached hydrogen (secondary N) is 1. The van der Waals surface area contributed by atoms with Crippen molar-refractivity contribution in [2.24, 2.45) is 0 Å². The molecule has 3 nitrogen and oxygen atoms in total. The summed E-state index contributed by atoms with van der Waals surface area (Å²) in [5.74, 6) is 0.135. The van der Waals surface area contributed by atoms with Crippen molar-refractivity contribution in [3.63, 3.8) is 0 Å². The van der Waals surface area contributed by atoms with E-state index < -0.39 is 0 Å². The van der Waals surface area contributed by atoms with E-state index in [0.29, 0.717) is 18.1 Å². The predicted octanol–water partition coefficient (Wildman–Crippen LogP) is 1.28. The number of carbonyl (C=O) groups is 1. The van der Waals surface area contributed by atoms with Gasteiger partial charge in [0.05, 0.1) is 0 Å². The van der Waals surface area contributed by atoms with Crippen molar-refractivity contribution in [2.45, 2.75) is 39.2 Å². The van der Waals surface area contributed by atoms with Crippen molar-refractivity contribution < 1.29 is 4.79 Å². The summed E-state index contributed by atoms with van der Waals surface area (Å²) in [6.45, 7) is 6.80. The summed E-state index contributed by atoms with van der Waals surface area (Å²) in [4.78, 5) is 13.3. The molecule has 0 unspecified atom stereocenters. The Hall–Kier alpha value is -0.640. The molecular formula is C9H16N2OS. The largest absolute Gasteiger partial charge is 0.362 e. The zero-order valence-corrected chi connectivity index (χ0v) is 9.20. The van der Waals surface area contributed by atoms with Gasteiger partial charge in [-0.05, 0) is 32.5 Å². The van der Waals surface area contributed by atoms with Gasteiger partial charge in [-0.25, -0.2) is 0 Å². The van der Waals surface area contributed by atoms with Gasteiger partial charge in [-0.1, -0.05) is 6.92 Å². The molecule has 0 radical (unpaired) electrons. The van der Waals surface area contributed by atoms with Crippen LogP contribution in [0.3, 0.4) is 0 Å². The molecule has 0 spiro atoms. The zero-order valence-electron chi connectivity index (χ0n) is 8.39. The number of amides is 1. The average Bonchev–Trinajstić information content (AvgIpc) is 2.03. The average molecular weight is 200 g/mol. The number of carbonyl (C=O) groups excluding carboxylic acids is 1. The van der Waals surface area contributed by atoms with Gasteiger partial charge in [0.25, 0.3) is 0 Å². The van der Waals surface area contributed by atoms with Gasteiger partial charge in [-0.3, -0.25) is 9.69 Å². The van der Waals surface area contributed by atoms with Crippen LogP contribution in [0.25, 0.3) is 0 Å². The van der Waals surface area contributed by atoms with Crippen molar-refractivity contribution in [1.29, 1.82) is 0 Å². The van der Waals surface area contributed by atoms with E-state index in [9.17, 15) is 4.79 Å². The Morgan fingerprint density at radius 3 is 2.69 bits per heavy atom. The van der Waals surface area contributed by atoms with Crippen LogP contribution in [-0.2, 0) is 4.79 Å². The maximum Gasteiger partial charge on any atom is 0.231 e. The van der Waals surface area contributed by atoms with Gasteiger partial charge >= 0.3 is 0 Å². The number of hydrogen-bond donors (Lipinski definition) is 1. The highest BCUT2D eigenvalue weighted by molar-refractivity contribution is 7.80. The molecule has 4 heteroatoms. The molecule has 0 aromatic carbocycles. The van der Waals surface area contributed by atoms with E-state index in [-0.39, 0.29) is 11.4 Å². The van der Waals surface area contributed by atoms with Crippen molar-refractivity contribution in [3.05, 3.63) is 0 Å². The summed E-state index contributed by atoms with van der Waals surface area (Å²) in [7, 11) is 0. The second-order valence-corrected chi connectivity index (χ2v) is 4.26. The molecule has 1 rings (SSSR count). The van der Waals surface area contributed by atoms with Crippen molar-refractivity contribution in [2.75, 3.05) is 6.54 Å². The first-order valence-corrected chi connectivity index (χ1v) is 5.01. The molecule has 1 amide bonds. The molecule has 0 aromatic rings. The normalized spacial score (nSPS) is 18.8. The lowest BCUT2D eigenvalue weighted by molar-refractivity contribution is -0.132. The molecule has 1 saturated heterocycles. The third-order valence-corrected chi connectivity index (χ3v) is 2.87. The SMILES string of the molecule is CCC(C)(C)N1C(=O)CCNC1=S. The summed E-state index contributed by atoms with van der Waals surface area (Å²) in [6.07, 6.45) is 1.45. The molecule has 1 N–H and O–H groups in total. The van der Waals surface area contributed by atoms with Crippen LogP contribution in [0.4, 0.5) is 0 Å². The lowest BCUT2D eigenvalue weighted by Crippen LogP contribution is -2.58. The summed E-state index contributed by atoms with van der Waals surface area (Å²) < 4.78 is 0. The Balaban J connectivity index is 2.86. The molecule has 74 valence electrons. The maximum atomic E-state index is 11.6. The van der Waals surface area contributed by atoms with Gasteiger partial charge in [-0.2, -0.15) is 0 Å². The van der Waals surface area contributed by atoms with E-state index in [0.717, 1.165) is 6.42 Å². The Morgan fingerprint density at radius 1 is 1.62 bits per heavy atom. The van der Waals surface area contributed by atoms with Gasteiger partial charge in [0.1, 0.15) is 0 Å². The fourth-order valence-electron chi connectivity index (χ4n) is 1.35. The molecule has 13 heavy (non-hydrogen) atoms. The fraction of sp³-hybridized carbons (Fsp3) is 0.778. The zero-order chi connectivity index (χ0) is 10.1. The third kappa shape index (κ3) is 1.99. The van der Waals surface area contributed by atoms with E-state index in [2.05, 4.69) is 12.2 Å². The minimum absolute atomic E-state index is 0.135. The van der Waals surface area contributed by atoms with Crippen LogP contribution in [-0.4, -0.2) is 28.0 Å². The van der Waals surface area contributed by atoms with Gasteiger partial charge in [0, 0.05) is 18.5 Å². The second-order valence-electron chi connectivity index (χ2n) is 3.88. The predicted molar refractivity (Wildman–Crippen MR) is 56.4 cm³/mol. The lowest BCUT2D eigenvalue weighted by atomic mass is 9.98. The van der Waals surface area contributed by atoms with Crippen molar-refractivity contribution in [3.8, 4) is 0 Å². The van der Waals surface area contributed by atoms with Crippen LogP contribution < -0.4 is 5.32 Å². The molecule has 0 saturated carbocycles. The van der Waals surface area contributed by atoms with Crippen LogP contribution >= 0.6 is 12.2 Å². The van der Waals surface area contributed by atoms with E-state index in [1.807, 2.05) is 13.8 Å². The van der Waals surface area contributed by atoms with Crippen molar-refractivity contribution >= 4 is 23.2 Å². The molecule has 1 fully saturated rings. The summed E-state index contributed by atoms with van der Waals surface area (Å²) in [5.41, 5.74) is -0.165. The molecule has 1 heterocycles. The molecular weight excluding hydrogens is 184 g/mol.